The van der Waals surface area contributed by atoms with Crippen LogP contribution in [-0.4, -0.2) is 30.7 Å². The molecule has 2 aromatic carbocycles. The van der Waals surface area contributed by atoms with E-state index in [-0.39, 0.29) is 22.9 Å². The molecule has 0 aliphatic rings. The van der Waals surface area contributed by atoms with Gasteiger partial charge in [0, 0.05) is 35.4 Å². The predicted octanol–water partition coefficient (Wildman–Crippen LogP) is 4.37. The van der Waals surface area contributed by atoms with E-state index >= 15 is 0 Å². The van der Waals surface area contributed by atoms with Crippen molar-refractivity contribution in [2.45, 2.75) is 23.6 Å². The third kappa shape index (κ3) is 5.54. The Labute approximate surface area is 192 Å². The smallest absolute Gasteiger partial charge is 0.405 e. The highest BCUT2D eigenvalue weighted by Crippen LogP contribution is 2.29. The van der Waals surface area contributed by atoms with E-state index < -0.39 is 27.7 Å². The van der Waals surface area contributed by atoms with Crippen molar-refractivity contribution in [1.82, 2.24) is 15.3 Å². The zero-order chi connectivity index (χ0) is 24.3. The van der Waals surface area contributed by atoms with E-state index in [0.29, 0.717) is 11.3 Å². The van der Waals surface area contributed by atoms with Crippen molar-refractivity contribution < 1.29 is 31.1 Å². The lowest BCUT2D eigenvalue weighted by Crippen LogP contribution is -2.23. The molecule has 0 saturated heterocycles. The number of hydrogen-bond donors (Lipinski definition) is 2. The summed E-state index contributed by atoms with van der Waals surface area (Å²) in [5, 5.41) is 3.54. The molecule has 7 nitrogen and oxygen atoms in total. The lowest BCUT2D eigenvalue weighted by atomic mass is 10.2. The predicted molar refractivity (Wildman–Crippen MR) is 118 cm³/mol. The van der Waals surface area contributed by atoms with Gasteiger partial charge in [0.1, 0.15) is 11.4 Å². The van der Waals surface area contributed by atoms with Crippen LogP contribution in [0.3, 0.4) is 0 Å². The van der Waals surface area contributed by atoms with Gasteiger partial charge < -0.3 is 15.0 Å². The van der Waals surface area contributed by atoms with Gasteiger partial charge in [0.05, 0.1) is 10.6 Å². The summed E-state index contributed by atoms with van der Waals surface area (Å²) in [4.78, 5) is 19.3. The number of carbonyl (C=O) groups excluding carboxylic acids is 1. The number of amides is 1. The molecule has 2 aromatic heterocycles. The molecule has 0 aliphatic carbocycles. The first-order chi connectivity index (χ1) is 16.1. The number of aromatic nitrogens is 2. The Morgan fingerprint density at radius 3 is 2.50 bits per heavy atom. The van der Waals surface area contributed by atoms with Gasteiger partial charge in [-0.25, -0.2) is 8.42 Å². The van der Waals surface area contributed by atoms with Crippen LogP contribution in [0.4, 0.5) is 13.2 Å². The molecule has 0 unspecified atom stereocenters. The molecular weight excluding hydrogens is 471 g/mol. The number of benzene rings is 2. The Balaban J connectivity index is 1.42. The quantitative estimate of drug-likeness (QED) is 0.402. The number of hydrogen-bond acceptors (Lipinski definition) is 5. The Kier molecular flexibility index (Phi) is 6.29. The van der Waals surface area contributed by atoms with Crippen LogP contribution < -0.4 is 10.1 Å². The first kappa shape index (κ1) is 23.3. The van der Waals surface area contributed by atoms with Gasteiger partial charge in [0.2, 0.25) is 0 Å². The highest BCUT2D eigenvalue weighted by molar-refractivity contribution is 7.90. The maximum Gasteiger partial charge on any atom is 0.573 e. The molecule has 0 spiro atoms. The van der Waals surface area contributed by atoms with Crippen molar-refractivity contribution in [2.24, 2.45) is 0 Å². The van der Waals surface area contributed by atoms with E-state index in [1.165, 1.54) is 42.5 Å². The van der Waals surface area contributed by atoms with Gasteiger partial charge in [-0.2, -0.15) is 0 Å². The minimum Gasteiger partial charge on any atom is -0.405 e. The molecule has 0 aliphatic heterocycles. The number of pyridine rings is 1. The first-order valence-electron chi connectivity index (χ1n) is 9.97. The number of nitrogens with one attached hydrogen (secondary N) is 2. The number of aromatic amines is 1. The standard InChI is InChI=1S/C23H18F3N3O4S/c24-23(25,26)33-21-4-2-1-3-16(21)14-34(31,32)18-7-5-15(6-8-18)12-28-22(30)20-11-17-13-27-10-9-19(17)29-20/h1-11,13,29H,12,14H2,(H,28,30). The molecule has 1 amide bonds. The van der Waals surface area contributed by atoms with Crippen LogP contribution in [0.2, 0.25) is 0 Å². The number of halogens is 3. The SMILES string of the molecule is O=C(NCc1ccc(S(=O)(=O)Cc2ccccc2OC(F)(F)F)cc1)c1cc2cnccc2[nH]1. The van der Waals surface area contributed by atoms with E-state index in [0.717, 1.165) is 17.0 Å². The van der Waals surface area contributed by atoms with E-state index in [1.807, 2.05) is 0 Å². The van der Waals surface area contributed by atoms with Gasteiger partial charge in [-0.3, -0.25) is 9.78 Å². The number of H-pyrrole nitrogens is 1. The first-order valence-corrected chi connectivity index (χ1v) is 11.6. The number of para-hydroxylation sites is 1. The second-order valence-electron chi connectivity index (χ2n) is 7.39. The molecule has 0 bridgehead atoms. The average molecular weight is 489 g/mol. The zero-order valence-electron chi connectivity index (χ0n) is 17.5. The Bertz CT molecular complexity index is 1400. The van der Waals surface area contributed by atoms with Crippen LogP contribution in [-0.2, 0) is 22.1 Å². The topological polar surface area (TPSA) is 101 Å². The molecule has 4 aromatic rings. The summed E-state index contributed by atoms with van der Waals surface area (Å²) in [6.45, 7) is 0.148. The van der Waals surface area contributed by atoms with Crippen LogP contribution in [0.25, 0.3) is 10.9 Å². The van der Waals surface area contributed by atoms with E-state index in [1.54, 1.807) is 24.5 Å². The number of rotatable bonds is 7. The minimum absolute atomic E-state index is 0.0625. The second kappa shape index (κ2) is 9.18. The molecule has 2 heterocycles. The van der Waals surface area contributed by atoms with Crippen molar-refractivity contribution >= 4 is 26.6 Å². The van der Waals surface area contributed by atoms with Crippen LogP contribution in [0.5, 0.6) is 5.75 Å². The fourth-order valence-electron chi connectivity index (χ4n) is 3.32. The van der Waals surface area contributed by atoms with Crippen molar-refractivity contribution in [3.05, 3.63) is 89.9 Å². The molecule has 0 fully saturated rings. The summed E-state index contributed by atoms with van der Waals surface area (Å²) in [6.07, 6.45) is -1.69. The van der Waals surface area contributed by atoms with Crippen molar-refractivity contribution in [2.75, 3.05) is 0 Å². The Morgan fingerprint density at radius 2 is 1.79 bits per heavy atom. The van der Waals surface area contributed by atoms with Crippen molar-refractivity contribution in [3.63, 3.8) is 0 Å². The molecule has 0 radical (unpaired) electrons. The summed E-state index contributed by atoms with van der Waals surface area (Å²) >= 11 is 0. The second-order valence-corrected chi connectivity index (χ2v) is 9.38. The van der Waals surface area contributed by atoms with Crippen molar-refractivity contribution in [1.29, 1.82) is 0 Å². The van der Waals surface area contributed by atoms with E-state index in [4.69, 9.17) is 0 Å². The summed E-state index contributed by atoms with van der Waals surface area (Å²) in [6, 6.07) is 14.3. The third-order valence-corrected chi connectivity index (χ3v) is 6.63. The fourth-order valence-corrected chi connectivity index (χ4v) is 4.69. The highest BCUT2D eigenvalue weighted by atomic mass is 32.2. The summed E-state index contributed by atoms with van der Waals surface area (Å²) < 4.78 is 67.3. The highest BCUT2D eigenvalue weighted by Gasteiger charge is 2.32. The monoisotopic (exact) mass is 489 g/mol. The number of alkyl halides is 3. The minimum atomic E-state index is -4.93. The number of sulfone groups is 1. The largest absolute Gasteiger partial charge is 0.573 e. The van der Waals surface area contributed by atoms with Gasteiger partial charge >= 0.3 is 6.36 Å². The van der Waals surface area contributed by atoms with Gasteiger partial charge in [-0.15, -0.1) is 13.2 Å². The molecular formula is C23H18F3N3O4S. The molecule has 34 heavy (non-hydrogen) atoms. The Morgan fingerprint density at radius 1 is 1.06 bits per heavy atom. The molecule has 0 atom stereocenters. The van der Waals surface area contributed by atoms with Crippen LogP contribution in [0.15, 0.2) is 78.0 Å². The lowest BCUT2D eigenvalue weighted by Gasteiger charge is -2.13. The summed E-state index contributed by atoms with van der Waals surface area (Å²) in [5.74, 6) is -1.57. The fraction of sp³-hybridized carbons (Fsp3) is 0.130. The lowest BCUT2D eigenvalue weighted by molar-refractivity contribution is -0.274. The van der Waals surface area contributed by atoms with Gasteiger partial charge in [0.25, 0.3) is 5.91 Å². The Hall–Kier alpha value is -3.86. The summed E-state index contributed by atoms with van der Waals surface area (Å²) in [5.41, 5.74) is 1.68. The number of ether oxygens (including phenoxy) is 1. The van der Waals surface area contributed by atoms with E-state index in [2.05, 4.69) is 20.0 Å². The maximum absolute atomic E-state index is 12.8. The summed E-state index contributed by atoms with van der Waals surface area (Å²) in [7, 11) is -3.94. The van der Waals surface area contributed by atoms with Gasteiger partial charge in [-0.05, 0) is 35.9 Å². The maximum atomic E-state index is 12.8. The van der Waals surface area contributed by atoms with Gasteiger partial charge in [-0.1, -0.05) is 30.3 Å². The number of fused-ring (bicyclic) bond motifs is 1. The molecule has 11 heteroatoms. The molecule has 176 valence electrons. The van der Waals surface area contributed by atoms with Crippen LogP contribution in [0, 0.1) is 0 Å². The van der Waals surface area contributed by atoms with Crippen LogP contribution in [0.1, 0.15) is 21.6 Å². The molecule has 2 N–H and O–H groups in total. The molecule has 0 saturated carbocycles. The average Bonchev–Trinajstić information content (AvgIpc) is 3.22. The zero-order valence-corrected chi connectivity index (χ0v) is 18.3. The van der Waals surface area contributed by atoms with Crippen molar-refractivity contribution in [3.8, 4) is 5.75 Å². The number of nitrogens with zero attached hydrogens (tertiary/aromatic N) is 1. The van der Waals surface area contributed by atoms with Crippen LogP contribution >= 0.6 is 0 Å². The number of carbonyl (C=O) groups is 1. The van der Waals surface area contributed by atoms with Gasteiger partial charge in [0.15, 0.2) is 9.84 Å². The van der Waals surface area contributed by atoms with E-state index in [9.17, 15) is 26.4 Å². The normalized spacial score (nSPS) is 12.0. The molecule has 4 rings (SSSR count). The third-order valence-electron chi connectivity index (χ3n) is 4.95.